The Morgan fingerprint density at radius 3 is 2.70 bits per heavy atom. The smallest absolute Gasteiger partial charge is 0.339 e. The predicted molar refractivity (Wildman–Crippen MR) is 79.0 cm³/mol. The molecule has 0 bridgehead atoms. The van der Waals surface area contributed by atoms with Gasteiger partial charge in [0, 0.05) is 12.5 Å². The Balaban J connectivity index is 1.86. The van der Waals surface area contributed by atoms with Gasteiger partial charge >= 0.3 is 5.97 Å². The van der Waals surface area contributed by atoms with E-state index >= 15 is 0 Å². The second-order valence-electron chi connectivity index (χ2n) is 5.53. The SMILES string of the molecule is CC1(C(=O)Nc2ccc(F)cc2F)Cc2ccccc2C(=O)O1. The van der Waals surface area contributed by atoms with Gasteiger partial charge in [0.2, 0.25) is 0 Å². The molecule has 0 aliphatic carbocycles. The Bertz CT molecular complexity index is 806. The van der Waals surface area contributed by atoms with Crippen LogP contribution in [0.3, 0.4) is 0 Å². The fraction of sp³-hybridized carbons (Fsp3) is 0.176. The molecule has 1 amide bonds. The Hall–Kier alpha value is -2.76. The molecule has 1 aliphatic rings. The molecule has 1 heterocycles. The van der Waals surface area contributed by atoms with E-state index in [1.165, 1.54) is 6.92 Å². The van der Waals surface area contributed by atoms with E-state index in [-0.39, 0.29) is 12.1 Å². The monoisotopic (exact) mass is 317 g/mol. The van der Waals surface area contributed by atoms with E-state index < -0.39 is 29.1 Å². The first-order valence-corrected chi connectivity index (χ1v) is 6.97. The molecule has 2 aromatic rings. The summed E-state index contributed by atoms with van der Waals surface area (Å²) in [6, 6.07) is 9.63. The number of hydrogen-bond acceptors (Lipinski definition) is 3. The number of nitrogens with one attached hydrogen (secondary N) is 1. The number of benzene rings is 2. The van der Waals surface area contributed by atoms with E-state index in [1.807, 2.05) is 0 Å². The van der Waals surface area contributed by atoms with Crippen molar-refractivity contribution in [1.82, 2.24) is 0 Å². The molecule has 1 unspecified atom stereocenters. The van der Waals surface area contributed by atoms with Crippen LogP contribution in [-0.2, 0) is 16.0 Å². The van der Waals surface area contributed by atoms with Crippen LogP contribution in [0.5, 0.6) is 0 Å². The molecule has 4 nitrogen and oxygen atoms in total. The Labute approximate surface area is 131 Å². The summed E-state index contributed by atoms with van der Waals surface area (Å²) in [7, 11) is 0. The molecular weight excluding hydrogens is 304 g/mol. The van der Waals surface area contributed by atoms with Crippen LogP contribution in [0.4, 0.5) is 14.5 Å². The van der Waals surface area contributed by atoms with Crippen molar-refractivity contribution in [2.45, 2.75) is 18.9 Å². The molecule has 0 fully saturated rings. The lowest BCUT2D eigenvalue weighted by molar-refractivity contribution is -0.134. The largest absolute Gasteiger partial charge is 0.445 e. The number of ether oxygens (including phenoxy) is 1. The zero-order valence-electron chi connectivity index (χ0n) is 12.2. The van der Waals surface area contributed by atoms with Gasteiger partial charge in [0.05, 0.1) is 11.3 Å². The van der Waals surface area contributed by atoms with Crippen molar-refractivity contribution in [3.05, 3.63) is 65.2 Å². The molecule has 0 aromatic heterocycles. The van der Waals surface area contributed by atoms with Crippen LogP contribution < -0.4 is 5.32 Å². The second-order valence-corrected chi connectivity index (χ2v) is 5.53. The maximum absolute atomic E-state index is 13.7. The first-order valence-electron chi connectivity index (χ1n) is 6.97. The predicted octanol–water partition coefficient (Wildman–Crippen LogP) is 3.08. The highest BCUT2D eigenvalue weighted by atomic mass is 19.1. The van der Waals surface area contributed by atoms with Crippen molar-refractivity contribution in [3.63, 3.8) is 0 Å². The van der Waals surface area contributed by atoms with Gasteiger partial charge in [-0.1, -0.05) is 18.2 Å². The summed E-state index contributed by atoms with van der Waals surface area (Å²) < 4.78 is 31.8. The average Bonchev–Trinajstić information content (AvgIpc) is 2.50. The number of esters is 1. The summed E-state index contributed by atoms with van der Waals surface area (Å²) in [5, 5.41) is 2.34. The van der Waals surface area contributed by atoms with Gasteiger partial charge < -0.3 is 10.1 Å². The van der Waals surface area contributed by atoms with Crippen molar-refractivity contribution >= 4 is 17.6 Å². The van der Waals surface area contributed by atoms with E-state index in [0.29, 0.717) is 17.2 Å². The zero-order chi connectivity index (χ0) is 16.6. The van der Waals surface area contributed by atoms with Crippen LogP contribution in [0.15, 0.2) is 42.5 Å². The minimum atomic E-state index is -1.47. The van der Waals surface area contributed by atoms with Gasteiger partial charge in [0.1, 0.15) is 11.6 Å². The lowest BCUT2D eigenvalue weighted by Gasteiger charge is -2.33. The third-order valence-corrected chi connectivity index (χ3v) is 3.74. The first kappa shape index (κ1) is 15.1. The molecule has 1 aliphatic heterocycles. The number of carbonyl (C=O) groups is 2. The van der Waals surface area contributed by atoms with Crippen molar-refractivity contribution in [1.29, 1.82) is 0 Å². The van der Waals surface area contributed by atoms with Gasteiger partial charge in [-0.3, -0.25) is 4.79 Å². The third kappa shape index (κ3) is 2.79. The van der Waals surface area contributed by atoms with E-state index in [2.05, 4.69) is 5.32 Å². The normalized spacial score (nSPS) is 19.7. The van der Waals surface area contributed by atoms with E-state index in [9.17, 15) is 18.4 Å². The molecule has 118 valence electrons. The minimum absolute atomic E-state index is 0.170. The second kappa shape index (κ2) is 5.46. The number of anilines is 1. The molecule has 0 spiro atoms. The number of fused-ring (bicyclic) bond motifs is 1. The Morgan fingerprint density at radius 1 is 1.22 bits per heavy atom. The summed E-state index contributed by atoms with van der Waals surface area (Å²) in [5.41, 5.74) is -0.550. The number of rotatable bonds is 2. The van der Waals surface area contributed by atoms with Crippen LogP contribution in [-0.4, -0.2) is 17.5 Å². The van der Waals surface area contributed by atoms with Gasteiger partial charge in [-0.05, 0) is 30.7 Å². The standard InChI is InChI=1S/C17H13F2NO3/c1-17(9-10-4-2-3-5-12(10)15(21)23-17)16(22)20-14-7-6-11(18)8-13(14)19/h2-8H,9H2,1H3,(H,20,22). The number of carbonyl (C=O) groups excluding carboxylic acids is 2. The van der Waals surface area contributed by atoms with Gasteiger partial charge in [-0.2, -0.15) is 0 Å². The summed E-state index contributed by atoms with van der Waals surface area (Å²) in [5.74, 6) is -2.93. The van der Waals surface area contributed by atoms with Crippen molar-refractivity contribution in [2.24, 2.45) is 0 Å². The Morgan fingerprint density at radius 2 is 1.96 bits per heavy atom. The molecule has 3 rings (SSSR count). The van der Waals surface area contributed by atoms with E-state index in [1.54, 1.807) is 24.3 Å². The van der Waals surface area contributed by atoms with Gasteiger partial charge in [-0.25, -0.2) is 13.6 Å². The molecule has 6 heteroatoms. The quantitative estimate of drug-likeness (QED) is 0.866. The lowest BCUT2D eigenvalue weighted by Crippen LogP contribution is -2.49. The van der Waals surface area contributed by atoms with Gasteiger partial charge in [0.15, 0.2) is 5.60 Å². The topological polar surface area (TPSA) is 55.4 Å². The van der Waals surface area contributed by atoms with Crippen LogP contribution >= 0.6 is 0 Å². The van der Waals surface area contributed by atoms with Crippen LogP contribution in [0, 0.1) is 11.6 Å². The summed E-state index contributed by atoms with van der Waals surface area (Å²) in [6.07, 6.45) is 0.170. The first-order chi connectivity index (χ1) is 10.9. The van der Waals surface area contributed by atoms with Crippen molar-refractivity contribution in [2.75, 3.05) is 5.32 Å². The molecule has 0 saturated heterocycles. The molecule has 23 heavy (non-hydrogen) atoms. The number of amides is 1. The van der Waals surface area contributed by atoms with Crippen LogP contribution in [0.1, 0.15) is 22.8 Å². The highest BCUT2D eigenvalue weighted by Gasteiger charge is 2.42. The van der Waals surface area contributed by atoms with Crippen molar-refractivity contribution < 1.29 is 23.1 Å². The molecule has 1 atom stereocenters. The van der Waals surface area contributed by atoms with Crippen LogP contribution in [0.2, 0.25) is 0 Å². The molecule has 0 saturated carbocycles. The molecular formula is C17H13F2NO3. The number of cyclic esters (lactones) is 1. The maximum Gasteiger partial charge on any atom is 0.339 e. The zero-order valence-corrected chi connectivity index (χ0v) is 12.2. The van der Waals surface area contributed by atoms with Crippen LogP contribution in [0.25, 0.3) is 0 Å². The minimum Gasteiger partial charge on any atom is -0.445 e. The fourth-order valence-electron chi connectivity index (χ4n) is 2.50. The Kier molecular flexibility index (Phi) is 3.60. The summed E-state index contributed by atoms with van der Waals surface area (Å²) in [6.45, 7) is 1.46. The summed E-state index contributed by atoms with van der Waals surface area (Å²) in [4.78, 5) is 24.5. The number of halogens is 2. The molecule has 0 radical (unpaired) electrons. The fourth-order valence-corrected chi connectivity index (χ4v) is 2.50. The number of hydrogen-bond donors (Lipinski definition) is 1. The average molecular weight is 317 g/mol. The highest BCUT2D eigenvalue weighted by molar-refractivity contribution is 6.02. The van der Waals surface area contributed by atoms with E-state index in [4.69, 9.17) is 4.74 Å². The maximum atomic E-state index is 13.7. The lowest BCUT2D eigenvalue weighted by atomic mass is 9.89. The molecule has 1 N–H and O–H groups in total. The van der Waals surface area contributed by atoms with E-state index in [0.717, 1.165) is 12.1 Å². The molecule has 2 aromatic carbocycles. The van der Waals surface area contributed by atoms with Gasteiger partial charge in [-0.15, -0.1) is 0 Å². The van der Waals surface area contributed by atoms with Gasteiger partial charge in [0.25, 0.3) is 5.91 Å². The third-order valence-electron chi connectivity index (χ3n) is 3.74. The highest BCUT2D eigenvalue weighted by Crippen LogP contribution is 2.29. The summed E-state index contributed by atoms with van der Waals surface area (Å²) >= 11 is 0. The van der Waals surface area contributed by atoms with Crippen molar-refractivity contribution in [3.8, 4) is 0 Å².